The van der Waals surface area contributed by atoms with Crippen molar-refractivity contribution in [2.75, 3.05) is 10.6 Å². The van der Waals surface area contributed by atoms with E-state index in [-0.39, 0.29) is 18.1 Å². The van der Waals surface area contributed by atoms with Crippen LogP contribution in [0.2, 0.25) is 10.0 Å². The highest BCUT2D eigenvalue weighted by Gasteiger charge is 2.19. The predicted molar refractivity (Wildman–Crippen MR) is 114 cm³/mol. The zero-order valence-corrected chi connectivity index (χ0v) is 17.6. The van der Waals surface area contributed by atoms with Crippen LogP contribution in [0.25, 0.3) is 0 Å². The van der Waals surface area contributed by atoms with E-state index in [0.29, 0.717) is 27.1 Å². The van der Waals surface area contributed by atoms with Crippen molar-refractivity contribution < 1.29 is 9.59 Å². The van der Waals surface area contributed by atoms with Gasteiger partial charge in [0.2, 0.25) is 5.91 Å². The van der Waals surface area contributed by atoms with Crippen molar-refractivity contribution >= 4 is 46.4 Å². The number of aryl methyl sites for hydroxylation is 1. The van der Waals surface area contributed by atoms with Crippen molar-refractivity contribution in [2.24, 2.45) is 0 Å². The van der Waals surface area contributed by atoms with Crippen molar-refractivity contribution in [1.29, 1.82) is 0 Å². The van der Waals surface area contributed by atoms with Gasteiger partial charge in [0.15, 0.2) is 5.69 Å². The number of rotatable bonds is 5. The first-order chi connectivity index (χ1) is 13.8. The Kier molecular flexibility index (Phi) is 6.20. The monoisotopic (exact) mass is 431 g/mol. The van der Waals surface area contributed by atoms with Gasteiger partial charge in [-0.1, -0.05) is 40.5 Å². The molecular weight excluding hydrogens is 413 g/mol. The van der Waals surface area contributed by atoms with E-state index in [1.807, 2.05) is 19.9 Å². The van der Waals surface area contributed by atoms with Crippen LogP contribution in [0.3, 0.4) is 0 Å². The summed E-state index contributed by atoms with van der Waals surface area (Å²) < 4.78 is 1.37. The topological polar surface area (TPSA) is 88.9 Å². The highest BCUT2D eigenvalue weighted by Crippen LogP contribution is 2.24. The summed E-state index contributed by atoms with van der Waals surface area (Å²) in [6, 6.07) is 10.5. The van der Waals surface area contributed by atoms with Crippen LogP contribution >= 0.6 is 23.2 Å². The fourth-order valence-electron chi connectivity index (χ4n) is 2.70. The molecule has 0 aliphatic heterocycles. The van der Waals surface area contributed by atoms with Gasteiger partial charge in [-0.3, -0.25) is 9.59 Å². The molecule has 3 aromatic rings. The molecule has 150 valence electrons. The number of hydrogen-bond donors (Lipinski definition) is 2. The minimum Gasteiger partial charge on any atom is -0.324 e. The Hall–Kier alpha value is -2.90. The highest BCUT2D eigenvalue weighted by molar-refractivity contribution is 6.32. The first-order valence-electron chi connectivity index (χ1n) is 8.79. The quantitative estimate of drug-likeness (QED) is 0.626. The summed E-state index contributed by atoms with van der Waals surface area (Å²) in [5, 5.41) is 14.5. The van der Waals surface area contributed by atoms with E-state index in [1.165, 1.54) is 4.68 Å². The number of amides is 2. The van der Waals surface area contributed by atoms with Crippen LogP contribution in [0.15, 0.2) is 36.4 Å². The molecule has 0 radical (unpaired) electrons. The number of carbonyl (C=O) groups excluding carboxylic acids is 2. The standard InChI is InChI=1S/C20H19Cl2N5O2/c1-11-7-8-14(21)9-17(11)23-18(28)10-27-13(3)19(25-26-27)20(29)24-16-6-4-5-15(22)12(16)2/h4-9H,10H2,1-3H3,(H,23,28)(H,24,29). The molecule has 0 bridgehead atoms. The zero-order chi connectivity index (χ0) is 21.1. The molecule has 0 spiro atoms. The Morgan fingerprint density at radius 2 is 1.79 bits per heavy atom. The van der Waals surface area contributed by atoms with Gasteiger partial charge in [0.1, 0.15) is 6.54 Å². The molecule has 0 atom stereocenters. The van der Waals surface area contributed by atoms with E-state index in [9.17, 15) is 9.59 Å². The SMILES string of the molecule is Cc1ccc(Cl)cc1NC(=O)Cn1nnc(C(=O)Nc2cccc(Cl)c2C)c1C. The number of nitrogens with one attached hydrogen (secondary N) is 2. The maximum Gasteiger partial charge on any atom is 0.278 e. The average molecular weight is 432 g/mol. The lowest BCUT2D eigenvalue weighted by Gasteiger charge is -2.10. The van der Waals surface area contributed by atoms with Crippen molar-refractivity contribution in [1.82, 2.24) is 15.0 Å². The van der Waals surface area contributed by atoms with Gasteiger partial charge in [0.25, 0.3) is 5.91 Å². The first kappa shape index (κ1) is 20.8. The van der Waals surface area contributed by atoms with E-state index in [4.69, 9.17) is 23.2 Å². The van der Waals surface area contributed by atoms with Gasteiger partial charge in [-0.15, -0.1) is 5.10 Å². The highest BCUT2D eigenvalue weighted by atomic mass is 35.5. The van der Waals surface area contributed by atoms with Crippen LogP contribution in [0.4, 0.5) is 11.4 Å². The first-order valence-corrected chi connectivity index (χ1v) is 9.54. The number of aromatic nitrogens is 3. The van der Waals surface area contributed by atoms with E-state index >= 15 is 0 Å². The largest absolute Gasteiger partial charge is 0.324 e. The molecule has 1 aromatic heterocycles. The van der Waals surface area contributed by atoms with Gasteiger partial charge in [-0.05, 0) is 56.2 Å². The maximum absolute atomic E-state index is 12.6. The van der Waals surface area contributed by atoms with E-state index < -0.39 is 5.91 Å². The van der Waals surface area contributed by atoms with Crippen molar-refractivity contribution in [3.8, 4) is 0 Å². The predicted octanol–water partition coefficient (Wildman–Crippen LogP) is 4.40. The summed E-state index contributed by atoms with van der Waals surface area (Å²) in [6.07, 6.45) is 0. The molecule has 0 fully saturated rings. The summed E-state index contributed by atoms with van der Waals surface area (Å²) in [7, 11) is 0. The Balaban J connectivity index is 1.71. The number of benzene rings is 2. The summed E-state index contributed by atoms with van der Waals surface area (Å²) in [4.78, 5) is 25.0. The molecule has 0 saturated carbocycles. The van der Waals surface area contributed by atoms with E-state index in [2.05, 4.69) is 20.9 Å². The Bertz CT molecular complexity index is 1090. The second-order valence-electron chi connectivity index (χ2n) is 6.56. The number of carbonyl (C=O) groups is 2. The third kappa shape index (κ3) is 4.75. The Labute approximate surface area is 178 Å². The van der Waals surface area contributed by atoms with Gasteiger partial charge in [0.05, 0.1) is 5.69 Å². The minimum atomic E-state index is -0.426. The number of anilines is 2. The molecule has 0 aliphatic carbocycles. The molecule has 3 rings (SSSR count). The van der Waals surface area contributed by atoms with Crippen molar-refractivity contribution in [2.45, 2.75) is 27.3 Å². The lowest BCUT2D eigenvalue weighted by atomic mass is 10.2. The van der Waals surface area contributed by atoms with Gasteiger partial charge >= 0.3 is 0 Å². The fraction of sp³-hybridized carbons (Fsp3) is 0.200. The Morgan fingerprint density at radius 3 is 2.55 bits per heavy atom. The summed E-state index contributed by atoms with van der Waals surface area (Å²) >= 11 is 12.1. The maximum atomic E-state index is 12.6. The van der Waals surface area contributed by atoms with Gasteiger partial charge in [-0.25, -0.2) is 4.68 Å². The zero-order valence-electron chi connectivity index (χ0n) is 16.1. The van der Waals surface area contributed by atoms with Crippen LogP contribution in [-0.4, -0.2) is 26.8 Å². The third-order valence-corrected chi connectivity index (χ3v) is 5.13. The lowest BCUT2D eigenvalue weighted by molar-refractivity contribution is -0.117. The molecule has 2 N–H and O–H groups in total. The second kappa shape index (κ2) is 8.63. The van der Waals surface area contributed by atoms with Crippen molar-refractivity contribution in [3.63, 3.8) is 0 Å². The molecule has 0 unspecified atom stereocenters. The van der Waals surface area contributed by atoms with Crippen LogP contribution < -0.4 is 10.6 Å². The molecule has 1 heterocycles. The van der Waals surface area contributed by atoms with Crippen molar-refractivity contribution in [3.05, 3.63) is 69.0 Å². The minimum absolute atomic E-state index is 0.0890. The normalized spacial score (nSPS) is 10.7. The molecular formula is C20H19Cl2N5O2. The number of nitrogens with zero attached hydrogens (tertiary/aromatic N) is 3. The molecule has 2 amide bonds. The van der Waals surface area contributed by atoms with Gasteiger partial charge in [-0.2, -0.15) is 0 Å². The van der Waals surface area contributed by atoms with Crippen LogP contribution in [0.5, 0.6) is 0 Å². The molecule has 0 saturated heterocycles. The number of halogens is 2. The van der Waals surface area contributed by atoms with E-state index in [1.54, 1.807) is 37.3 Å². The summed E-state index contributed by atoms with van der Waals surface area (Å²) in [5.74, 6) is -0.730. The van der Waals surface area contributed by atoms with Crippen LogP contribution in [-0.2, 0) is 11.3 Å². The molecule has 2 aromatic carbocycles. The van der Waals surface area contributed by atoms with Gasteiger partial charge in [0, 0.05) is 21.4 Å². The summed E-state index contributed by atoms with van der Waals surface area (Å²) in [5.41, 5.74) is 3.45. The fourth-order valence-corrected chi connectivity index (χ4v) is 3.05. The van der Waals surface area contributed by atoms with Gasteiger partial charge < -0.3 is 10.6 Å². The molecule has 7 nitrogen and oxygen atoms in total. The molecule has 29 heavy (non-hydrogen) atoms. The average Bonchev–Trinajstić information content (AvgIpc) is 3.02. The van der Waals surface area contributed by atoms with Crippen LogP contribution in [0.1, 0.15) is 27.3 Å². The Morgan fingerprint density at radius 1 is 1.03 bits per heavy atom. The lowest BCUT2D eigenvalue weighted by Crippen LogP contribution is -2.21. The third-order valence-electron chi connectivity index (χ3n) is 4.48. The van der Waals surface area contributed by atoms with Crippen LogP contribution in [0, 0.1) is 20.8 Å². The van der Waals surface area contributed by atoms with E-state index in [0.717, 1.165) is 11.1 Å². The molecule has 9 heteroatoms. The summed E-state index contributed by atoms with van der Waals surface area (Å²) in [6.45, 7) is 5.27. The second-order valence-corrected chi connectivity index (χ2v) is 7.40. The smallest absolute Gasteiger partial charge is 0.278 e. The number of hydrogen-bond acceptors (Lipinski definition) is 4. The molecule has 0 aliphatic rings.